The third kappa shape index (κ3) is 4.46. The molecule has 0 aromatic carbocycles. The van der Waals surface area contributed by atoms with Gasteiger partial charge in [-0.05, 0) is 50.6 Å². The van der Waals surface area contributed by atoms with Gasteiger partial charge < -0.3 is 5.32 Å². The van der Waals surface area contributed by atoms with E-state index in [1.165, 1.54) is 36.1 Å². The Labute approximate surface area is 126 Å². The molecular formula is C16H25N3S. The average molecular weight is 291 g/mol. The molecule has 0 bridgehead atoms. The van der Waals surface area contributed by atoms with E-state index in [9.17, 15) is 0 Å². The minimum Gasteiger partial charge on any atom is -0.310 e. The highest BCUT2D eigenvalue weighted by molar-refractivity contribution is 7.09. The SMILES string of the molecule is CCCNC(CCCc1cccs1)c1cnn(CC)c1. The van der Waals surface area contributed by atoms with Crippen molar-refractivity contribution in [2.45, 2.75) is 52.1 Å². The van der Waals surface area contributed by atoms with E-state index >= 15 is 0 Å². The van der Waals surface area contributed by atoms with Gasteiger partial charge in [0.15, 0.2) is 0 Å². The van der Waals surface area contributed by atoms with Gasteiger partial charge in [-0.25, -0.2) is 0 Å². The highest BCUT2D eigenvalue weighted by Gasteiger charge is 2.12. The third-order valence-corrected chi connectivity index (χ3v) is 4.45. The molecule has 0 spiro atoms. The molecule has 1 unspecified atom stereocenters. The lowest BCUT2D eigenvalue weighted by Gasteiger charge is -2.16. The number of hydrogen-bond donors (Lipinski definition) is 1. The topological polar surface area (TPSA) is 29.9 Å². The Balaban J connectivity index is 1.89. The van der Waals surface area contributed by atoms with Crippen LogP contribution in [0, 0.1) is 0 Å². The van der Waals surface area contributed by atoms with E-state index in [4.69, 9.17) is 0 Å². The number of rotatable bonds is 9. The van der Waals surface area contributed by atoms with Crippen molar-refractivity contribution in [2.75, 3.05) is 6.54 Å². The fraction of sp³-hybridized carbons (Fsp3) is 0.562. The van der Waals surface area contributed by atoms with Crippen LogP contribution in [-0.2, 0) is 13.0 Å². The highest BCUT2D eigenvalue weighted by Crippen LogP contribution is 2.20. The number of aromatic nitrogens is 2. The largest absolute Gasteiger partial charge is 0.310 e. The van der Waals surface area contributed by atoms with Crippen molar-refractivity contribution in [3.8, 4) is 0 Å². The molecule has 2 rings (SSSR count). The Kier molecular flexibility index (Phi) is 6.27. The fourth-order valence-electron chi connectivity index (χ4n) is 2.37. The van der Waals surface area contributed by atoms with E-state index < -0.39 is 0 Å². The number of nitrogens with one attached hydrogen (secondary N) is 1. The van der Waals surface area contributed by atoms with E-state index in [0.717, 1.165) is 13.1 Å². The van der Waals surface area contributed by atoms with Gasteiger partial charge in [-0.1, -0.05) is 13.0 Å². The summed E-state index contributed by atoms with van der Waals surface area (Å²) in [6, 6.07) is 4.81. The molecule has 20 heavy (non-hydrogen) atoms. The molecule has 2 aromatic rings. The van der Waals surface area contributed by atoms with Crippen molar-refractivity contribution >= 4 is 11.3 Å². The smallest absolute Gasteiger partial charge is 0.0537 e. The van der Waals surface area contributed by atoms with Crippen LogP contribution in [0.3, 0.4) is 0 Å². The minimum atomic E-state index is 0.440. The van der Waals surface area contributed by atoms with Crippen LogP contribution in [0.15, 0.2) is 29.9 Å². The summed E-state index contributed by atoms with van der Waals surface area (Å²) in [5, 5.41) is 10.2. The predicted molar refractivity (Wildman–Crippen MR) is 86.2 cm³/mol. The van der Waals surface area contributed by atoms with Crippen LogP contribution in [0.5, 0.6) is 0 Å². The summed E-state index contributed by atoms with van der Waals surface area (Å²) in [4.78, 5) is 1.49. The van der Waals surface area contributed by atoms with E-state index in [0.29, 0.717) is 6.04 Å². The summed E-state index contributed by atoms with van der Waals surface area (Å²) in [6.45, 7) is 6.35. The zero-order chi connectivity index (χ0) is 14.2. The second-order valence-electron chi connectivity index (χ2n) is 5.11. The molecule has 1 atom stereocenters. The average Bonchev–Trinajstić information content (AvgIpc) is 3.13. The van der Waals surface area contributed by atoms with Crippen LogP contribution in [0.1, 0.15) is 49.6 Å². The van der Waals surface area contributed by atoms with Crippen LogP contribution in [0.2, 0.25) is 0 Å². The van der Waals surface area contributed by atoms with E-state index in [-0.39, 0.29) is 0 Å². The summed E-state index contributed by atoms with van der Waals surface area (Å²) in [7, 11) is 0. The van der Waals surface area contributed by atoms with Gasteiger partial charge in [-0.2, -0.15) is 5.10 Å². The van der Waals surface area contributed by atoms with Gasteiger partial charge in [0.1, 0.15) is 0 Å². The van der Waals surface area contributed by atoms with Crippen molar-refractivity contribution < 1.29 is 0 Å². The molecule has 0 aliphatic carbocycles. The van der Waals surface area contributed by atoms with Crippen LogP contribution in [-0.4, -0.2) is 16.3 Å². The van der Waals surface area contributed by atoms with E-state index in [1.54, 1.807) is 0 Å². The molecule has 2 aromatic heterocycles. The lowest BCUT2D eigenvalue weighted by atomic mass is 10.0. The fourth-order valence-corrected chi connectivity index (χ4v) is 3.12. The molecule has 4 heteroatoms. The maximum atomic E-state index is 4.40. The molecule has 0 fully saturated rings. The van der Waals surface area contributed by atoms with E-state index in [1.807, 2.05) is 22.2 Å². The van der Waals surface area contributed by atoms with Gasteiger partial charge in [0.25, 0.3) is 0 Å². The highest BCUT2D eigenvalue weighted by atomic mass is 32.1. The Bertz CT molecular complexity index is 476. The maximum absolute atomic E-state index is 4.40. The molecule has 2 heterocycles. The van der Waals surface area contributed by atoms with E-state index in [2.05, 4.69) is 48.0 Å². The third-order valence-electron chi connectivity index (χ3n) is 3.52. The summed E-state index contributed by atoms with van der Waals surface area (Å²) in [6.07, 6.45) is 8.94. The molecule has 0 saturated heterocycles. The summed E-state index contributed by atoms with van der Waals surface area (Å²) in [5.41, 5.74) is 1.33. The second kappa shape index (κ2) is 8.22. The zero-order valence-electron chi connectivity index (χ0n) is 12.5. The zero-order valence-corrected chi connectivity index (χ0v) is 13.3. The first-order valence-corrected chi connectivity index (χ1v) is 8.49. The number of hydrogen-bond acceptors (Lipinski definition) is 3. The van der Waals surface area contributed by atoms with Gasteiger partial charge in [0, 0.05) is 29.2 Å². The lowest BCUT2D eigenvalue weighted by molar-refractivity contribution is 0.484. The normalized spacial score (nSPS) is 12.7. The number of aryl methyl sites for hydroxylation is 2. The van der Waals surface area contributed by atoms with Gasteiger partial charge in [-0.15, -0.1) is 11.3 Å². The monoisotopic (exact) mass is 291 g/mol. The first kappa shape index (κ1) is 15.3. The molecular weight excluding hydrogens is 266 g/mol. The van der Waals surface area contributed by atoms with Crippen molar-refractivity contribution in [3.63, 3.8) is 0 Å². The molecule has 0 saturated carbocycles. The minimum absolute atomic E-state index is 0.440. The van der Waals surface area contributed by atoms with Gasteiger partial charge in [0.2, 0.25) is 0 Å². The van der Waals surface area contributed by atoms with Crippen LogP contribution >= 0.6 is 11.3 Å². The molecule has 0 amide bonds. The number of nitrogens with zero attached hydrogens (tertiary/aromatic N) is 2. The Hall–Kier alpha value is -1.13. The number of thiophene rings is 1. The van der Waals surface area contributed by atoms with Gasteiger partial charge in [-0.3, -0.25) is 4.68 Å². The second-order valence-corrected chi connectivity index (χ2v) is 6.14. The Morgan fingerprint density at radius 2 is 2.30 bits per heavy atom. The van der Waals surface area contributed by atoms with Crippen LogP contribution in [0.4, 0.5) is 0 Å². The summed E-state index contributed by atoms with van der Waals surface area (Å²) in [5.74, 6) is 0. The van der Waals surface area contributed by atoms with Gasteiger partial charge >= 0.3 is 0 Å². The first-order chi connectivity index (χ1) is 9.83. The van der Waals surface area contributed by atoms with Crippen LogP contribution < -0.4 is 5.32 Å². The molecule has 0 radical (unpaired) electrons. The quantitative estimate of drug-likeness (QED) is 0.756. The lowest BCUT2D eigenvalue weighted by Crippen LogP contribution is -2.22. The maximum Gasteiger partial charge on any atom is 0.0537 e. The standard InChI is InChI=1S/C16H25N3S/c1-3-10-17-16(14-12-18-19(4-2)13-14)9-5-7-15-8-6-11-20-15/h6,8,11-13,16-17H,3-5,7,9-10H2,1-2H3. The Morgan fingerprint density at radius 3 is 2.95 bits per heavy atom. The Morgan fingerprint density at radius 1 is 1.40 bits per heavy atom. The van der Waals surface area contributed by atoms with Crippen molar-refractivity contribution in [2.24, 2.45) is 0 Å². The molecule has 0 aliphatic rings. The molecule has 1 N–H and O–H groups in total. The predicted octanol–water partition coefficient (Wildman–Crippen LogP) is 4.03. The first-order valence-electron chi connectivity index (χ1n) is 7.61. The molecule has 110 valence electrons. The van der Waals surface area contributed by atoms with Gasteiger partial charge in [0.05, 0.1) is 6.20 Å². The van der Waals surface area contributed by atoms with Crippen molar-refractivity contribution in [1.29, 1.82) is 0 Å². The molecule has 0 aliphatic heterocycles. The van der Waals surface area contributed by atoms with Crippen molar-refractivity contribution in [3.05, 3.63) is 40.3 Å². The van der Waals surface area contributed by atoms with Crippen LogP contribution in [0.25, 0.3) is 0 Å². The van der Waals surface area contributed by atoms with Crippen molar-refractivity contribution in [1.82, 2.24) is 15.1 Å². The summed E-state index contributed by atoms with van der Waals surface area (Å²) < 4.78 is 2.01. The summed E-state index contributed by atoms with van der Waals surface area (Å²) >= 11 is 1.86. The molecule has 3 nitrogen and oxygen atoms in total.